The molecule has 5 nitrogen and oxygen atoms in total. The lowest BCUT2D eigenvalue weighted by Gasteiger charge is -1.95. The fourth-order valence-electron chi connectivity index (χ4n) is 1.90. The van der Waals surface area contributed by atoms with Gasteiger partial charge in [-0.2, -0.15) is 0 Å². The number of aryl methyl sites for hydroxylation is 1. The van der Waals surface area contributed by atoms with Crippen molar-refractivity contribution in [1.82, 2.24) is 20.0 Å². The van der Waals surface area contributed by atoms with E-state index in [0.29, 0.717) is 12.4 Å². The first-order valence-corrected chi connectivity index (χ1v) is 7.52. The Morgan fingerprint density at radius 3 is 2.76 bits per heavy atom. The van der Waals surface area contributed by atoms with E-state index in [-0.39, 0.29) is 5.82 Å². The molecule has 0 atom stereocenters. The number of hydrogen-bond acceptors (Lipinski definition) is 4. The van der Waals surface area contributed by atoms with E-state index < -0.39 is 0 Å². The van der Waals surface area contributed by atoms with Crippen molar-refractivity contribution >= 4 is 15.9 Å². The van der Waals surface area contributed by atoms with Crippen LogP contribution < -0.4 is 0 Å². The number of benzene rings is 1. The van der Waals surface area contributed by atoms with Crippen LogP contribution in [-0.2, 0) is 13.0 Å². The van der Waals surface area contributed by atoms with Gasteiger partial charge in [-0.05, 0) is 24.3 Å². The summed E-state index contributed by atoms with van der Waals surface area (Å²) in [7, 11) is 0. The van der Waals surface area contributed by atoms with Crippen LogP contribution in [0.1, 0.15) is 11.4 Å². The molecule has 0 spiro atoms. The third-order valence-electron chi connectivity index (χ3n) is 2.90. The molecule has 2 heterocycles. The standard InChI is InChI=1S/C14H12BrFN4O/c15-6-5-12-7-20(19-18-12)8-13-9-21-14(17-13)10-1-3-11(16)4-2-10/h1-4,7,9H,5-6,8H2. The summed E-state index contributed by atoms with van der Waals surface area (Å²) < 4.78 is 20.0. The summed E-state index contributed by atoms with van der Waals surface area (Å²) in [6, 6.07) is 6.02. The number of oxazole rings is 1. The molecular weight excluding hydrogens is 339 g/mol. The Hall–Kier alpha value is -2.02. The third kappa shape index (κ3) is 3.36. The van der Waals surface area contributed by atoms with Crippen molar-refractivity contribution in [1.29, 1.82) is 0 Å². The van der Waals surface area contributed by atoms with Crippen LogP contribution in [0.15, 0.2) is 41.1 Å². The monoisotopic (exact) mass is 350 g/mol. The van der Waals surface area contributed by atoms with Crippen molar-refractivity contribution < 1.29 is 8.81 Å². The van der Waals surface area contributed by atoms with Gasteiger partial charge in [0.2, 0.25) is 5.89 Å². The summed E-state index contributed by atoms with van der Waals surface area (Å²) >= 11 is 3.37. The van der Waals surface area contributed by atoms with E-state index in [2.05, 4.69) is 31.2 Å². The molecule has 7 heteroatoms. The maximum atomic E-state index is 12.9. The summed E-state index contributed by atoms with van der Waals surface area (Å²) in [5.74, 6) is 0.179. The molecule has 108 valence electrons. The highest BCUT2D eigenvalue weighted by Gasteiger charge is 2.08. The molecule has 0 saturated heterocycles. The van der Waals surface area contributed by atoms with Crippen LogP contribution in [-0.4, -0.2) is 25.3 Å². The highest BCUT2D eigenvalue weighted by molar-refractivity contribution is 9.09. The Morgan fingerprint density at radius 1 is 1.19 bits per heavy atom. The van der Waals surface area contributed by atoms with Crippen molar-refractivity contribution in [2.75, 3.05) is 5.33 Å². The first-order valence-electron chi connectivity index (χ1n) is 6.40. The molecule has 0 N–H and O–H groups in total. The quantitative estimate of drug-likeness (QED) is 0.663. The van der Waals surface area contributed by atoms with Gasteiger partial charge in [0.05, 0.1) is 12.2 Å². The predicted molar refractivity (Wildman–Crippen MR) is 78.5 cm³/mol. The van der Waals surface area contributed by atoms with Crippen LogP contribution in [0.2, 0.25) is 0 Å². The van der Waals surface area contributed by atoms with Crippen molar-refractivity contribution in [2.24, 2.45) is 0 Å². The lowest BCUT2D eigenvalue weighted by Crippen LogP contribution is -2.00. The van der Waals surface area contributed by atoms with Crippen molar-refractivity contribution in [2.45, 2.75) is 13.0 Å². The molecule has 0 radical (unpaired) electrons. The Kier molecular flexibility index (Phi) is 4.10. The van der Waals surface area contributed by atoms with E-state index in [9.17, 15) is 4.39 Å². The Balaban J connectivity index is 1.73. The van der Waals surface area contributed by atoms with Gasteiger partial charge in [0.1, 0.15) is 17.8 Å². The number of hydrogen-bond donors (Lipinski definition) is 0. The summed E-state index contributed by atoms with van der Waals surface area (Å²) in [6.45, 7) is 0.486. The zero-order valence-electron chi connectivity index (χ0n) is 11.0. The van der Waals surface area contributed by atoms with E-state index in [1.807, 2.05) is 6.20 Å². The number of rotatable bonds is 5. The lowest BCUT2D eigenvalue weighted by molar-refractivity contribution is 0.567. The molecule has 0 aliphatic carbocycles. The molecular formula is C14H12BrFN4O. The molecule has 0 bridgehead atoms. The van der Waals surface area contributed by atoms with Gasteiger partial charge >= 0.3 is 0 Å². The summed E-state index contributed by atoms with van der Waals surface area (Å²) in [6.07, 6.45) is 4.29. The maximum Gasteiger partial charge on any atom is 0.226 e. The fourth-order valence-corrected chi connectivity index (χ4v) is 2.30. The predicted octanol–water partition coefficient (Wildman–Crippen LogP) is 3.06. The van der Waals surface area contributed by atoms with E-state index in [4.69, 9.17) is 4.42 Å². The van der Waals surface area contributed by atoms with Gasteiger partial charge in [0.15, 0.2) is 0 Å². The van der Waals surface area contributed by atoms with E-state index in [1.54, 1.807) is 23.1 Å². The normalized spacial score (nSPS) is 11.0. The van der Waals surface area contributed by atoms with Gasteiger partial charge in [0.25, 0.3) is 0 Å². The largest absolute Gasteiger partial charge is 0.444 e. The smallest absolute Gasteiger partial charge is 0.226 e. The zero-order chi connectivity index (χ0) is 14.7. The Morgan fingerprint density at radius 2 is 2.00 bits per heavy atom. The van der Waals surface area contributed by atoms with Crippen LogP contribution >= 0.6 is 15.9 Å². The summed E-state index contributed by atoms with van der Waals surface area (Å²) in [5, 5.41) is 8.95. The second kappa shape index (κ2) is 6.17. The van der Waals surface area contributed by atoms with E-state index >= 15 is 0 Å². The van der Waals surface area contributed by atoms with Gasteiger partial charge < -0.3 is 4.42 Å². The first-order chi connectivity index (χ1) is 10.2. The maximum absolute atomic E-state index is 12.9. The molecule has 0 amide bonds. The van der Waals surface area contributed by atoms with Crippen LogP contribution in [0.25, 0.3) is 11.5 Å². The minimum absolute atomic E-state index is 0.285. The van der Waals surface area contributed by atoms with Crippen LogP contribution in [0, 0.1) is 5.82 Å². The average Bonchev–Trinajstić information content (AvgIpc) is 3.11. The van der Waals surface area contributed by atoms with Gasteiger partial charge in [-0.3, -0.25) is 0 Å². The molecule has 3 aromatic rings. The Bertz CT molecular complexity index is 723. The number of halogens is 2. The molecule has 21 heavy (non-hydrogen) atoms. The molecule has 0 aliphatic rings. The average molecular weight is 351 g/mol. The topological polar surface area (TPSA) is 56.7 Å². The highest BCUT2D eigenvalue weighted by Crippen LogP contribution is 2.19. The van der Waals surface area contributed by atoms with Crippen molar-refractivity contribution in [3.05, 3.63) is 53.9 Å². The number of alkyl halides is 1. The molecule has 0 saturated carbocycles. The molecule has 0 aliphatic heterocycles. The van der Waals surface area contributed by atoms with Crippen LogP contribution in [0.4, 0.5) is 4.39 Å². The van der Waals surface area contributed by atoms with E-state index in [1.165, 1.54) is 12.1 Å². The summed E-state index contributed by atoms with van der Waals surface area (Å²) in [5.41, 5.74) is 2.40. The lowest BCUT2D eigenvalue weighted by atomic mass is 10.2. The highest BCUT2D eigenvalue weighted by atomic mass is 79.9. The number of nitrogens with zero attached hydrogens (tertiary/aromatic N) is 4. The van der Waals surface area contributed by atoms with Crippen molar-refractivity contribution in [3.8, 4) is 11.5 Å². The molecule has 0 unspecified atom stereocenters. The van der Waals surface area contributed by atoms with Crippen LogP contribution in [0.3, 0.4) is 0 Å². The number of aromatic nitrogens is 4. The molecule has 0 fully saturated rings. The zero-order valence-corrected chi connectivity index (χ0v) is 12.6. The van der Waals surface area contributed by atoms with Gasteiger partial charge in [-0.1, -0.05) is 21.1 Å². The first kappa shape index (κ1) is 13.9. The third-order valence-corrected chi connectivity index (χ3v) is 3.30. The van der Waals surface area contributed by atoms with Gasteiger partial charge in [-0.25, -0.2) is 14.1 Å². The molecule has 3 rings (SSSR count). The SMILES string of the molecule is Fc1ccc(-c2nc(Cn3cc(CCBr)nn3)co2)cc1. The molecule has 1 aromatic carbocycles. The van der Waals surface area contributed by atoms with Gasteiger partial charge in [0, 0.05) is 23.5 Å². The second-order valence-corrected chi connectivity index (χ2v) is 5.29. The minimum Gasteiger partial charge on any atom is -0.444 e. The minimum atomic E-state index is -0.285. The van der Waals surface area contributed by atoms with Crippen LogP contribution in [0.5, 0.6) is 0 Å². The molecule has 2 aromatic heterocycles. The fraction of sp³-hybridized carbons (Fsp3) is 0.214. The summed E-state index contributed by atoms with van der Waals surface area (Å²) in [4.78, 5) is 4.37. The second-order valence-electron chi connectivity index (χ2n) is 4.50. The van der Waals surface area contributed by atoms with E-state index in [0.717, 1.165) is 28.7 Å². The van der Waals surface area contributed by atoms with Gasteiger partial charge in [-0.15, -0.1) is 5.10 Å². The van der Waals surface area contributed by atoms with Crippen molar-refractivity contribution in [3.63, 3.8) is 0 Å². The Labute approximate surface area is 128 Å².